The maximum atomic E-state index is 5.79. The second-order valence-electron chi connectivity index (χ2n) is 3.38. The van der Waals surface area contributed by atoms with Gasteiger partial charge in [0.1, 0.15) is 5.82 Å². The monoisotopic (exact) mass is 234 g/mol. The molecule has 0 aliphatic carbocycles. The first-order chi connectivity index (χ1) is 6.15. The van der Waals surface area contributed by atoms with Crippen molar-refractivity contribution in [1.82, 2.24) is 4.98 Å². The van der Waals surface area contributed by atoms with Crippen molar-refractivity contribution in [2.45, 2.75) is 32.7 Å². The Bertz CT molecular complexity index is 287. The summed E-state index contributed by atoms with van der Waals surface area (Å²) in [6.07, 6.45) is 1.79. The lowest BCUT2D eigenvalue weighted by molar-refractivity contribution is 0.884. The van der Waals surface area contributed by atoms with Gasteiger partial charge >= 0.3 is 0 Å². The zero-order valence-electron chi connectivity index (χ0n) is 8.67. The Hall–Kier alpha value is -0.470. The smallest absolute Gasteiger partial charge is 0.129 e. The average Bonchev–Trinajstić information content (AvgIpc) is 2.08. The van der Waals surface area contributed by atoms with Crippen molar-refractivity contribution in [3.8, 4) is 0 Å². The predicted octanol–water partition coefficient (Wildman–Crippen LogP) is 3.37. The molecule has 2 nitrogen and oxygen atoms in total. The Morgan fingerprint density at radius 3 is 2.64 bits per heavy atom. The van der Waals surface area contributed by atoms with Crippen LogP contribution < -0.4 is 5.32 Å². The van der Waals surface area contributed by atoms with Crippen molar-refractivity contribution in [2.75, 3.05) is 5.32 Å². The molecule has 1 aromatic heterocycles. The first-order valence-corrected chi connectivity index (χ1v) is 4.95. The molecule has 4 heteroatoms. The summed E-state index contributed by atoms with van der Waals surface area (Å²) < 4.78 is 0. The van der Waals surface area contributed by atoms with E-state index in [2.05, 4.69) is 24.1 Å². The highest BCUT2D eigenvalue weighted by Crippen LogP contribution is 2.17. The van der Waals surface area contributed by atoms with Gasteiger partial charge in [0.25, 0.3) is 0 Å². The van der Waals surface area contributed by atoms with Crippen LogP contribution in [0.25, 0.3) is 0 Å². The van der Waals surface area contributed by atoms with E-state index in [-0.39, 0.29) is 12.4 Å². The van der Waals surface area contributed by atoms with Gasteiger partial charge in [-0.05, 0) is 38.0 Å². The van der Waals surface area contributed by atoms with Crippen molar-refractivity contribution in [3.05, 3.63) is 23.4 Å². The summed E-state index contributed by atoms with van der Waals surface area (Å²) in [6.45, 7) is 6.22. The number of hydrogen-bond acceptors (Lipinski definition) is 2. The third kappa shape index (κ3) is 3.35. The number of nitrogens with zero attached hydrogens (tertiary/aromatic N) is 1. The van der Waals surface area contributed by atoms with Gasteiger partial charge in [-0.15, -0.1) is 24.0 Å². The molecule has 0 aliphatic heterocycles. The van der Waals surface area contributed by atoms with Crippen LogP contribution in [-0.2, 0) is 5.88 Å². The van der Waals surface area contributed by atoms with Crippen molar-refractivity contribution in [1.29, 1.82) is 0 Å². The zero-order chi connectivity index (χ0) is 9.84. The van der Waals surface area contributed by atoms with Crippen LogP contribution in [0.1, 0.15) is 25.0 Å². The summed E-state index contributed by atoms with van der Waals surface area (Å²) in [5.74, 6) is 1.48. The van der Waals surface area contributed by atoms with E-state index in [1.54, 1.807) is 6.20 Å². The molecule has 0 radical (unpaired) electrons. The van der Waals surface area contributed by atoms with Crippen LogP contribution in [0.4, 0.5) is 5.82 Å². The summed E-state index contributed by atoms with van der Waals surface area (Å²) >= 11 is 5.79. The summed E-state index contributed by atoms with van der Waals surface area (Å²) in [6, 6.07) is 2.35. The topological polar surface area (TPSA) is 24.9 Å². The van der Waals surface area contributed by atoms with Gasteiger partial charge in [0.05, 0.1) is 0 Å². The lowest BCUT2D eigenvalue weighted by Crippen LogP contribution is -2.12. The SMILES string of the molecule is Cc1c(CCl)ccnc1NC(C)C.Cl. The quantitative estimate of drug-likeness (QED) is 0.812. The maximum absolute atomic E-state index is 5.79. The molecule has 80 valence electrons. The molecule has 0 fully saturated rings. The second kappa shape index (κ2) is 6.10. The number of anilines is 1. The van der Waals surface area contributed by atoms with E-state index in [4.69, 9.17) is 11.6 Å². The van der Waals surface area contributed by atoms with Crippen LogP contribution >= 0.6 is 24.0 Å². The van der Waals surface area contributed by atoms with E-state index in [9.17, 15) is 0 Å². The predicted molar refractivity (Wildman–Crippen MR) is 64.5 cm³/mol. The van der Waals surface area contributed by atoms with Crippen LogP contribution in [0.15, 0.2) is 12.3 Å². The molecular formula is C10H16Cl2N2. The minimum absolute atomic E-state index is 0. The van der Waals surface area contributed by atoms with Gasteiger partial charge < -0.3 is 5.32 Å². The Balaban J connectivity index is 0.00000169. The van der Waals surface area contributed by atoms with Gasteiger partial charge in [0.2, 0.25) is 0 Å². The molecule has 1 heterocycles. The van der Waals surface area contributed by atoms with Gasteiger partial charge in [-0.1, -0.05) is 0 Å². The molecule has 0 bridgehead atoms. The fraction of sp³-hybridized carbons (Fsp3) is 0.500. The molecule has 0 saturated heterocycles. The standard InChI is InChI=1S/C10H15ClN2.ClH/c1-7(2)13-10-8(3)9(6-11)4-5-12-10;/h4-5,7H,6H2,1-3H3,(H,12,13);1H. The summed E-state index contributed by atoms with van der Waals surface area (Å²) in [7, 11) is 0. The maximum Gasteiger partial charge on any atom is 0.129 e. The van der Waals surface area contributed by atoms with E-state index in [0.29, 0.717) is 11.9 Å². The number of alkyl halides is 1. The van der Waals surface area contributed by atoms with Crippen molar-refractivity contribution in [3.63, 3.8) is 0 Å². The molecule has 0 atom stereocenters. The lowest BCUT2D eigenvalue weighted by Gasteiger charge is -2.13. The van der Waals surface area contributed by atoms with Crippen LogP contribution in [-0.4, -0.2) is 11.0 Å². The Morgan fingerprint density at radius 2 is 2.14 bits per heavy atom. The molecule has 0 unspecified atom stereocenters. The van der Waals surface area contributed by atoms with E-state index in [1.807, 2.05) is 13.0 Å². The van der Waals surface area contributed by atoms with Gasteiger partial charge in [-0.2, -0.15) is 0 Å². The van der Waals surface area contributed by atoms with E-state index >= 15 is 0 Å². The van der Waals surface area contributed by atoms with E-state index < -0.39 is 0 Å². The first kappa shape index (κ1) is 13.5. The highest BCUT2D eigenvalue weighted by Gasteiger charge is 2.04. The average molecular weight is 235 g/mol. The molecule has 0 aromatic carbocycles. The molecule has 1 aromatic rings. The third-order valence-electron chi connectivity index (χ3n) is 1.89. The van der Waals surface area contributed by atoms with Crippen LogP contribution in [0.2, 0.25) is 0 Å². The minimum atomic E-state index is 0. The highest BCUT2D eigenvalue weighted by molar-refractivity contribution is 6.17. The van der Waals surface area contributed by atoms with Crippen LogP contribution in [0.5, 0.6) is 0 Å². The number of halogens is 2. The van der Waals surface area contributed by atoms with Crippen LogP contribution in [0.3, 0.4) is 0 Å². The normalized spacial score (nSPS) is 9.79. The number of aromatic nitrogens is 1. The van der Waals surface area contributed by atoms with E-state index in [0.717, 1.165) is 16.9 Å². The largest absolute Gasteiger partial charge is 0.368 e. The number of pyridine rings is 1. The Morgan fingerprint density at radius 1 is 1.50 bits per heavy atom. The van der Waals surface area contributed by atoms with Crippen molar-refractivity contribution in [2.24, 2.45) is 0 Å². The molecule has 0 amide bonds. The summed E-state index contributed by atoms with van der Waals surface area (Å²) in [4.78, 5) is 4.26. The fourth-order valence-corrected chi connectivity index (χ4v) is 1.43. The van der Waals surface area contributed by atoms with Crippen LogP contribution in [0, 0.1) is 6.92 Å². The van der Waals surface area contributed by atoms with Gasteiger partial charge in [-0.3, -0.25) is 0 Å². The van der Waals surface area contributed by atoms with Gasteiger partial charge in [0.15, 0.2) is 0 Å². The summed E-state index contributed by atoms with van der Waals surface area (Å²) in [5.41, 5.74) is 2.28. The van der Waals surface area contributed by atoms with Gasteiger partial charge in [0, 0.05) is 18.1 Å². The Kier molecular flexibility index (Phi) is 5.89. The number of hydrogen-bond donors (Lipinski definition) is 1. The highest BCUT2D eigenvalue weighted by atomic mass is 35.5. The molecular weight excluding hydrogens is 219 g/mol. The molecule has 0 aliphatic rings. The molecule has 0 saturated carbocycles. The molecule has 14 heavy (non-hydrogen) atoms. The van der Waals surface area contributed by atoms with E-state index in [1.165, 1.54) is 0 Å². The Labute approximate surface area is 96.5 Å². The number of nitrogens with one attached hydrogen (secondary N) is 1. The summed E-state index contributed by atoms with van der Waals surface area (Å²) in [5, 5.41) is 3.28. The molecule has 1 rings (SSSR count). The fourth-order valence-electron chi connectivity index (χ4n) is 1.14. The number of rotatable bonds is 3. The minimum Gasteiger partial charge on any atom is -0.368 e. The first-order valence-electron chi connectivity index (χ1n) is 4.42. The molecule has 1 N–H and O–H groups in total. The zero-order valence-corrected chi connectivity index (χ0v) is 10.2. The second-order valence-corrected chi connectivity index (χ2v) is 3.64. The molecule has 0 spiro atoms. The van der Waals surface area contributed by atoms with Crippen molar-refractivity contribution >= 4 is 29.8 Å². The van der Waals surface area contributed by atoms with Gasteiger partial charge in [-0.25, -0.2) is 4.98 Å². The van der Waals surface area contributed by atoms with Crippen molar-refractivity contribution < 1.29 is 0 Å². The lowest BCUT2D eigenvalue weighted by atomic mass is 10.1. The third-order valence-corrected chi connectivity index (χ3v) is 2.17.